The summed E-state index contributed by atoms with van der Waals surface area (Å²) in [6.45, 7) is 1.67. The zero-order valence-electron chi connectivity index (χ0n) is 8.02. The summed E-state index contributed by atoms with van der Waals surface area (Å²) in [5.41, 5.74) is 5.36. The Morgan fingerprint density at radius 2 is 2.43 bits per heavy atom. The number of hydrogen-bond acceptors (Lipinski definition) is 6. The molecule has 0 aliphatic carbocycles. The monoisotopic (exact) mass is 196 g/mol. The molecule has 6 heteroatoms. The van der Waals surface area contributed by atoms with Gasteiger partial charge in [-0.3, -0.25) is 0 Å². The number of nitrogen functional groups attached to an aromatic ring is 1. The Balaban J connectivity index is 2.64. The first kappa shape index (κ1) is 10.2. The molecule has 0 fully saturated rings. The molecule has 1 aromatic rings. The maximum atomic E-state index is 11.0. The Hall–Kier alpha value is -1.85. The molecule has 3 N–H and O–H groups in total. The SMILES string of the molecule is COC(=O)[C@@H](C)Nc1ccnc(N)n1. The van der Waals surface area contributed by atoms with E-state index in [9.17, 15) is 4.79 Å². The van der Waals surface area contributed by atoms with Crippen molar-refractivity contribution < 1.29 is 9.53 Å². The Bertz CT molecular complexity index is 329. The lowest BCUT2D eigenvalue weighted by atomic mass is 10.3. The summed E-state index contributed by atoms with van der Waals surface area (Å²) in [5, 5.41) is 2.83. The van der Waals surface area contributed by atoms with Crippen LogP contribution in [-0.2, 0) is 9.53 Å². The van der Waals surface area contributed by atoms with Gasteiger partial charge in [-0.05, 0) is 13.0 Å². The van der Waals surface area contributed by atoms with Gasteiger partial charge in [-0.2, -0.15) is 4.98 Å². The average molecular weight is 196 g/mol. The topological polar surface area (TPSA) is 90.1 Å². The van der Waals surface area contributed by atoms with Crippen molar-refractivity contribution in [2.75, 3.05) is 18.2 Å². The Kier molecular flexibility index (Phi) is 3.22. The molecule has 1 rings (SSSR count). The Morgan fingerprint density at radius 1 is 1.71 bits per heavy atom. The number of nitrogens with zero attached hydrogens (tertiary/aromatic N) is 2. The van der Waals surface area contributed by atoms with Crippen LogP contribution < -0.4 is 11.1 Å². The number of carbonyl (C=O) groups is 1. The third kappa shape index (κ3) is 2.58. The van der Waals surface area contributed by atoms with Crippen molar-refractivity contribution in [3.05, 3.63) is 12.3 Å². The second-order valence-electron chi connectivity index (χ2n) is 2.69. The van der Waals surface area contributed by atoms with Gasteiger partial charge in [0.25, 0.3) is 0 Å². The summed E-state index contributed by atoms with van der Waals surface area (Å²) >= 11 is 0. The maximum absolute atomic E-state index is 11.0. The number of aromatic nitrogens is 2. The van der Waals surface area contributed by atoms with Gasteiger partial charge < -0.3 is 15.8 Å². The van der Waals surface area contributed by atoms with Gasteiger partial charge in [-0.15, -0.1) is 0 Å². The van der Waals surface area contributed by atoms with Gasteiger partial charge in [0.05, 0.1) is 7.11 Å². The van der Waals surface area contributed by atoms with Crippen LogP contribution >= 0.6 is 0 Å². The first-order valence-electron chi connectivity index (χ1n) is 4.06. The fourth-order valence-electron chi connectivity index (χ4n) is 0.912. The van der Waals surface area contributed by atoms with Crippen molar-refractivity contribution in [3.63, 3.8) is 0 Å². The van der Waals surface area contributed by atoms with E-state index in [1.54, 1.807) is 13.0 Å². The lowest BCUT2D eigenvalue weighted by Crippen LogP contribution is -2.27. The predicted octanol–water partition coefficient (Wildman–Crippen LogP) is 0.0322. The molecular formula is C8H12N4O2. The summed E-state index contributed by atoms with van der Waals surface area (Å²) in [4.78, 5) is 18.6. The summed E-state index contributed by atoms with van der Waals surface area (Å²) in [6.07, 6.45) is 1.51. The van der Waals surface area contributed by atoms with E-state index in [1.807, 2.05) is 0 Å². The molecular weight excluding hydrogens is 184 g/mol. The number of carbonyl (C=O) groups excluding carboxylic acids is 1. The molecule has 0 amide bonds. The second-order valence-corrected chi connectivity index (χ2v) is 2.69. The Labute approximate surface area is 81.5 Å². The summed E-state index contributed by atoms with van der Waals surface area (Å²) in [6, 6.07) is 1.16. The number of anilines is 2. The van der Waals surface area contributed by atoms with Crippen molar-refractivity contribution in [2.24, 2.45) is 0 Å². The second kappa shape index (κ2) is 4.40. The molecule has 0 spiro atoms. The first-order chi connectivity index (χ1) is 6.63. The number of rotatable bonds is 3. The van der Waals surface area contributed by atoms with E-state index >= 15 is 0 Å². The van der Waals surface area contributed by atoms with E-state index in [1.165, 1.54) is 13.3 Å². The highest BCUT2D eigenvalue weighted by Crippen LogP contribution is 2.05. The zero-order valence-corrected chi connectivity index (χ0v) is 8.02. The van der Waals surface area contributed by atoms with Crippen LogP contribution in [0, 0.1) is 0 Å². The van der Waals surface area contributed by atoms with Crippen molar-refractivity contribution in [3.8, 4) is 0 Å². The summed E-state index contributed by atoms with van der Waals surface area (Å²) in [5.74, 6) is 0.296. The van der Waals surface area contributed by atoms with E-state index < -0.39 is 6.04 Å². The maximum Gasteiger partial charge on any atom is 0.328 e. The van der Waals surface area contributed by atoms with Crippen molar-refractivity contribution in [1.29, 1.82) is 0 Å². The van der Waals surface area contributed by atoms with Crippen molar-refractivity contribution >= 4 is 17.7 Å². The van der Waals surface area contributed by atoms with Crippen LogP contribution in [0.25, 0.3) is 0 Å². The fraction of sp³-hybridized carbons (Fsp3) is 0.375. The van der Waals surface area contributed by atoms with E-state index in [0.717, 1.165) is 0 Å². The quantitative estimate of drug-likeness (QED) is 0.663. The third-order valence-electron chi connectivity index (χ3n) is 1.59. The van der Waals surface area contributed by atoms with E-state index in [-0.39, 0.29) is 11.9 Å². The molecule has 1 heterocycles. The minimum atomic E-state index is -0.464. The standard InChI is InChI=1S/C8H12N4O2/c1-5(7(13)14-2)11-6-3-4-10-8(9)12-6/h3-5H,1-2H3,(H3,9,10,11,12)/t5-/m1/s1. The number of hydrogen-bond donors (Lipinski definition) is 2. The minimum absolute atomic E-state index is 0.159. The highest BCUT2D eigenvalue weighted by Gasteiger charge is 2.12. The van der Waals surface area contributed by atoms with Crippen LogP contribution in [0.4, 0.5) is 11.8 Å². The van der Waals surface area contributed by atoms with Crippen LogP contribution in [0.15, 0.2) is 12.3 Å². The molecule has 0 radical (unpaired) electrons. The number of nitrogens with two attached hydrogens (primary N) is 1. The lowest BCUT2D eigenvalue weighted by Gasteiger charge is -2.11. The highest BCUT2D eigenvalue weighted by molar-refractivity contribution is 5.78. The smallest absolute Gasteiger partial charge is 0.328 e. The van der Waals surface area contributed by atoms with Crippen molar-refractivity contribution in [1.82, 2.24) is 9.97 Å². The van der Waals surface area contributed by atoms with Gasteiger partial charge in [0, 0.05) is 6.20 Å². The minimum Gasteiger partial charge on any atom is -0.467 e. The third-order valence-corrected chi connectivity index (χ3v) is 1.59. The first-order valence-corrected chi connectivity index (χ1v) is 4.06. The van der Waals surface area contributed by atoms with E-state index in [2.05, 4.69) is 20.0 Å². The van der Waals surface area contributed by atoms with Gasteiger partial charge in [0.2, 0.25) is 5.95 Å². The normalized spacial score (nSPS) is 11.9. The molecule has 0 aliphatic rings. The molecule has 0 aliphatic heterocycles. The molecule has 6 nitrogen and oxygen atoms in total. The van der Waals surface area contributed by atoms with Gasteiger partial charge >= 0.3 is 5.97 Å². The summed E-state index contributed by atoms with van der Waals surface area (Å²) < 4.78 is 4.54. The van der Waals surface area contributed by atoms with Gasteiger partial charge in [-0.1, -0.05) is 0 Å². The number of esters is 1. The summed E-state index contributed by atoms with van der Waals surface area (Å²) in [7, 11) is 1.33. The largest absolute Gasteiger partial charge is 0.467 e. The molecule has 0 aromatic carbocycles. The van der Waals surface area contributed by atoms with Crippen LogP contribution in [0.2, 0.25) is 0 Å². The number of ether oxygens (including phenoxy) is 1. The van der Waals surface area contributed by atoms with Gasteiger partial charge in [-0.25, -0.2) is 9.78 Å². The number of methoxy groups -OCH3 is 1. The van der Waals surface area contributed by atoms with Crippen LogP contribution in [0.5, 0.6) is 0 Å². The van der Waals surface area contributed by atoms with E-state index in [4.69, 9.17) is 5.73 Å². The van der Waals surface area contributed by atoms with E-state index in [0.29, 0.717) is 5.82 Å². The average Bonchev–Trinajstić information content (AvgIpc) is 2.16. The molecule has 0 bridgehead atoms. The molecule has 1 atom stereocenters. The lowest BCUT2D eigenvalue weighted by molar-refractivity contribution is -0.141. The van der Waals surface area contributed by atoms with Crippen LogP contribution in [0.3, 0.4) is 0 Å². The molecule has 76 valence electrons. The molecule has 1 aromatic heterocycles. The fourth-order valence-corrected chi connectivity index (χ4v) is 0.912. The Morgan fingerprint density at radius 3 is 3.00 bits per heavy atom. The highest BCUT2D eigenvalue weighted by atomic mass is 16.5. The van der Waals surface area contributed by atoms with Gasteiger partial charge in [0.15, 0.2) is 0 Å². The molecule has 0 saturated carbocycles. The van der Waals surface area contributed by atoms with Gasteiger partial charge in [0.1, 0.15) is 11.9 Å². The zero-order chi connectivity index (χ0) is 10.6. The molecule has 0 unspecified atom stereocenters. The van der Waals surface area contributed by atoms with Crippen LogP contribution in [0.1, 0.15) is 6.92 Å². The molecule has 14 heavy (non-hydrogen) atoms. The number of nitrogens with one attached hydrogen (secondary N) is 1. The predicted molar refractivity (Wildman–Crippen MR) is 51.5 cm³/mol. The molecule has 0 saturated heterocycles. The van der Waals surface area contributed by atoms with Crippen LogP contribution in [-0.4, -0.2) is 29.1 Å². The van der Waals surface area contributed by atoms with Crippen molar-refractivity contribution in [2.45, 2.75) is 13.0 Å².